The van der Waals surface area contributed by atoms with Gasteiger partial charge in [-0.15, -0.1) is 0 Å². The van der Waals surface area contributed by atoms with Crippen molar-refractivity contribution in [2.24, 2.45) is 0 Å². The Kier molecular flexibility index (Phi) is 4.03. The Morgan fingerprint density at radius 1 is 1.30 bits per heavy atom. The van der Waals surface area contributed by atoms with Crippen molar-refractivity contribution in [2.75, 3.05) is 5.73 Å². The average Bonchev–Trinajstić information content (AvgIpc) is 2.49. The number of nitriles is 2. The molecule has 0 atom stereocenters. The summed E-state index contributed by atoms with van der Waals surface area (Å²) in [7, 11) is 0. The number of anilines is 1. The molecule has 1 aromatic heterocycles. The van der Waals surface area contributed by atoms with Crippen LogP contribution in [0.25, 0.3) is 11.1 Å². The monoisotopic (exact) mass is 375 g/mol. The summed E-state index contributed by atoms with van der Waals surface area (Å²) >= 11 is 2.96. The highest BCUT2D eigenvalue weighted by Crippen LogP contribution is 2.40. The summed E-state index contributed by atoms with van der Waals surface area (Å²) < 4.78 is -0.0340. The Morgan fingerprint density at radius 2 is 1.91 bits per heavy atom. The largest absolute Gasteiger partial charge is 0.501 e. The van der Waals surface area contributed by atoms with Crippen LogP contribution in [0.1, 0.15) is 11.1 Å². The summed E-state index contributed by atoms with van der Waals surface area (Å²) in [6.07, 6.45) is 0. The molecule has 1 aromatic carbocycles. The molecule has 2 rings (SSSR count). The lowest BCUT2D eigenvalue weighted by Gasteiger charge is -2.10. The van der Waals surface area contributed by atoms with E-state index >= 15 is 0 Å². The van der Waals surface area contributed by atoms with Crippen molar-refractivity contribution < 1.29 is 10.0 Å². The van der Waals surface area contributed by atoms with Gasteiger partial charge >= 0.3 is 5.69 Å². The van der Waals surface area contributed by atoms with Gasteiger partial charge in [0, 0.05) is 11.6 Å². The quantitative estimate of drug-likeness (QED) is 0.529. The number of benzene rings is 1. The van der Waals surface area contributed by atoms with E-state index < -0.39 is 27.5 Å². The molecule has 1 heterocycles. The Morgan fingerprint density at radius 3 is 2.43 bits per heavy atom. The fourth-order valence-corrected chi connectivity index (χ4v) is 2.45. The predicted molar refractivity (Wildman–Crippen MR) is 82.4 cm³/mol. The van der Waals surface area contributed by atoms with Crippen molar-refractivity contribution in [3.8, 4) is 29.0 Å². The fraction of sp³-hybridized carbons (Fsp3) is 0. The van der Waals surface area contributed by atoms with Gasteiger partial charge in [0.15, 0.2) is 0 Å². The second-order valence-electron chi connectivity index (χ2n) is 4.30. The van der Waals surface area contributed by atoms with E-state index in [1.54, 1.807) is 12.1 Å². The van der Waals surface area contributed by atoms with Crippen LogP contribution >= 0.6 is 15.9 Å². The molecule has 0 fully saturated rings. The number of halogens is 1. The number of nitro groups is 1. The number of nitro benzene ring substituents is 1. The number of hydrogen-bond acceptors (Lipinski definition) is 7. The molecular weight excluding hydrogens is 370 g/mol. The second kappa shape index (κ2) is 5.79. The van der Waals surface area contributed by atoms with Gasteiger partial charge in [-0.05, 0) is 27.6 Å². The third kappa shape index (κ3) is 2.59. The molecule has 0 unspecified atom stereocenters. The van der Waals surface area contributed by atoms with Crippen LogP contribution in [0, 0.1) is 32.8 Å². The molecule has 0 saturated heterocycles. The number of nitrogen functional groups attached to an aromatic ring is 1. The molecule has 0 aliphatic rings. The van der Waals surface area contributed by atoms with Crippen LogP contribution in [-0.2, 0) is 0 Å². The number of phenolic OH excluding ortho intramolecular Hbond substituents is 1. The molecule has 4 N–H and O–H groups in total. The van der Waals surface area contributed by atoms with E-state index in [-0.39, 0.29) is 27.0 Å². The lowest BCUT2D eigenvalue weighted by atomic mass is 9.96. The molecular formula is C13H6BrN5O4. The zero-order chi connectivity index (χ0) is 17.3. The van der Waals surface area contributed by atoms with E-state index in [1.165, 1.54) is 6.07 Å². The minimum Gasteiger partial charge on any atom is -0.501 e. The number of aromatic amines is 1. The Bertz CT molecular complexity index is 984. The van der Waals surface area contributed by atoms with Crippen LogP contribution < -0.4 is 11.3 Å². The van der Waals surface area contributed by atoms with Crippen LogP contribution in [-0.4, -0.2) is 15.0 Å². The number of phenols is 1. The minimum atomic E-state index is -0.835. The molecule has 9 nitrogen and oxygen atoms in total. The highest BCUT2D eigenvalue weighted by Gasteiger charge is 2.23. The Labute approximate surface area is 136 Å². The first-order chi connectivity index (χ1) is 10.8. The number of hydrogen-bond donors (Lipinski definition) is 3. The maximum atomic E-state index is 11.8. The first-order valence-electron chi connectivity index (χ1n) is 5.85. The van der Waals surface area contributed by atoms with Crippen LogP contribution in [0.3, 0.4) is 0 Å². The maximum absolute atomic E-state index is 11.8. The smallest absolute Gasteiger partial charge is 0.312 e. The van der Waals surface area contributed by atoms with Crippen LogP contribution in [0.15, 0.2) is 21.4 Å². The molecule has 0 aliphatic heterocycles. The Hall–Kier alpha value is -3.37. The number of nitrogens with two attached hydrogens (primary N) is 1. The molecule has 0 radical (unpaired) electrons. The number of pyridine rings is 1. The molecule has 0 bridgehead atoms. The highest BCUT2D eigenvalue weighted by molar-refractivity contribution is 9.10. The van der Waals surface area contributed by atoms with E-state index in [9.17, 15) is 25.3 Å². The summed E-state index contributed by atoms with van der Waals surface area (Å²) in [5.41, 5.74) is 3.36. The van der Waals surface area contributed by atoms with Crippen molar-refractivity contribution in [1.82, 2.24) is 4.98 Å². The predicted octanol–water partition coefficient (Wildman–Crippen LogP) is 1.74. The average molecular weight is 376 g/mol. The second-order valence-corrected chi connectivity index (χ2v) is 5.15. The van der Waals surface area contributed by atoms with Gasteiger partial charge in [0.2, 0.25) is 5.75 Å². The van der Waals surface area contributed by atoms with Gasteiger partial charge in [-0.1, -0.05) is 0 Å². The number of nitrogens with one attached hydrogen (secondary N) is 1. The third-order valence-electron chi connectivity index (χ3n) is 3.00. The number of aromatic nitrogens is 1. The van der Waals surface area contributed by atoms with Crippen LogP contribution in [0.5, 0.6) is 5.75 Å². The van der Waals surface area contributed by atoms with Gasteiger partial charge in [-0.25, -0.2) is 0 Å². The van der Waals surface area contributed by atoms with E-state index in [0.29, 0.717) is 0 Å². The molecule has 0 spiro atoms. The molecule has 23 heavy (non-hydrogen) atoms. The third-order valence-corrected chi connectivity index (χ3v) is 3.60. The van der Waals surface area contributed by atoms with Crippen LogP contribution in [0.2, 0.25) is 0 Å². The molecule has 0 amide bonds. The lowest BCUT2D eigenvalue weighted by molar-refractivity contribution is -0.385. The first kappa shape index (κ1) is 16.0. The van der Waals surface area contributed by atoms with Gasteiger partial charge in [0.25, 0.3) is 5.56 Å². The first-order valence-corrected chi connectivity index (χ1v) is 6.64. The summed E-state index contributed by atoms with van der Waals surface area (Å²) in [5.74, 6) is -0.882. The van der Waals surface area contributed by atoms with Crippen molar-refractivity contribution in [3.05, 3.63) is 48.2 Å². The van der Waals surface area contributed by atoms with E-state index in [1.807, 2.05) is 0 Å². The van der Waals surface area contributed by atoms with Crippen molar-refractivity contribution in [2.45, 2.75) is 0 Å². The number of nitrogens with zero attached hydrogens (tertiary/aromatic N) is 3. The summed E-state index contributed by atoms with van der Waals surface area (Å²) in [5, 5.41) is 39.1. The number of H-pyrrole nitrogens is 1. The van der Waals surface area contributed by atoms with Gasteiger partial charge in [0.05, 0.1) is 9.40 Å². The lowest BCUT2D eigenvalue weighted by Crippen LogP contribution is -2.16. The van der Waals surface area contributed by atoms with Crippen LogP contribution in [0.4, 0.5) is 11.5 Å². The molecule has 2 aromatic rings. The normalized spacial score (nSPS) is 9.87. The van der Waals surface area contributed by atoms with Crippen molar-refractivity contribution >= 4 is 27.4 Å². The number of aromatic hydroxyl groups is 1. The Balaban J connectivity index is 2.99. The summed E-state index contributed by atoms with van der Waals surface area (Å²) in [6.45, 7) is 0. The minimum absolute atomic E-state index is 0.0206. The van der Waals surface area contributed by atoms with Gasteiger partial charge in [0.1, 0.15) is 29.1 Å². The maximum Gasteiger partial charge on any atom is 0.312 e. The van der Waals surface area contributed by atoms with E-state index in [2.05, 4.69) is 20.9 Å². The highest BCUT2D eigenvalue weighted by atomic mass is 79.9. The number of rotatable bonds is 2. The SMILES string of the molecule is N#Cc1c(N)[nH]c(=O)c(C#N)c1-c1cc(Br)c(O)c([N+](=O)[O-])c1. The zero-order valence-electron chi connectivity index (χ0n) is 11.1. The topological polar surface area (TPSA) is 170 Å². The van der Waals surface area contributed by atoms with E-state index in [4.69, 9.17) is 11.0 Å². The summed E-state index contributed by atoms with van der Waals surface area (Å²) in [4.78, 5) is 24.2. The molecule has 10 heteroatoms. The fourth-order valence-electron chi connectivity index (χ4n) is 2.00. The molecule has 0 saturated carbocycles. The van der Waals surface area contributed by atoms with Gasteiger partial charge in [-0.3, -0.25) is 14.9 Å². The molecule has 114 valence electrons. The van der Waals surface area contributed by atoms with Crippen molar-refractivity contribution in [3.63, 3.8) is 0 Å². The summed E-state index contributed by atoms with van der Waals surface area (Å²) in [6, 6.07) is 5.60. The van der Waals surface area contributed by atoms with Gasteiger partial charge in [-0.2, -0.15) is 10.5 Å². The van der Waals surface area contributed by atoms with Gasteiger partial charge < -0.3 is 15.8 Å². The van der Waals surface area contributed by atoms with Crippen molar-refractivity contribution in [1.29, 1.82) is 10.5 Å². The standard InChI is InChI=1S/C13H6BrN5O4/c14-8-1-5(2-9(11(8)20)19(22)23)10-6(3-15)12(17)18-13(21)7(10)4-16/h1-2,20H,(H3,17,18,21). The molecule has 0 aliphatic carbocycles. The zero-order valence-corrected chi connectivity index (χ0v) is 12.7. The van der Waals surface area contributed by atoms with E-state index in [0.717, 1.165) is 6.07 Å².